The smallest absolute Gasteiger partial charge is 0.405 e. The molecule has 1 aromatic heterocycles. The first-order valence-electron chi connectivity index (χ1n) is 9.64. The number of dihydropyridines is 1. The molecule has 3 aliphatic rings. The highest BCUT2D eigenvalue weighted by Crippen LogP contribution is 2.33. The number of allylic oxidation sites excluding steroid dienone is 1. The summed E-state index contributed by atoms with van der Waals surface area (Å²) in [5.41, 5.74) is 0.711. The molecule has 31 heavy (non-hydrogen) atoms. The topological polar surface area (TPSA) is 98.8 Å². The molecule has 3 amide bonds. The lowest BCUT2D eigenvalue weighted by atomic mass is 10.1. The molecule has 2 bridgehead atoms. The van der Waals surface area contributed by atoms with Gasteiger partial charge in [-0.05, 0) is 18.6 Å². The number of rotatable bonds is 4. The van der Waals surface area contributed by atoms with Gasteiger partial charge in [-0.15, -0.1) is 0 Å². The van der Waals surface area contributed by atoms with Gasteiger partial charge in [0.1, 0.15) is 30.0 Å². The average Bonchev–Trinajstić information content (AvgIpc) is 3.15. The van der Waals surface area contributed by atoms with Gasteiger partial charge >= 0.3 is 12.2 Å². The number of nitrogens with zero attached hydrogens (tertiary/aromatic N) is 3. The molecule has 4 heterocycles. The van der Waals surface area contributed by atoms with E-state index in [0.29, 0.717) is 30.2 Å². The molecule has 0 aliphatic carbocycles. The summed E-state index contributed by atoms with van der Waals surface area (Å²) >= 11 is 0. The number of carbonyl (C=O) groups excluding carboxylic acids is 2. The highest BCUT2D eigenvalue weighted by atomic mass is 19.4. The van der Waals surface area contributed by atoms with Crippen LogP contribution in [0, 0.1) is 0 Å². The van der Waals surface area contributed by atoms with E-state index in [1.807, 2.05) is 5.32 Å². The van der Waals surface area contributed by atoms with Crippen LogP contribution in [-0.2, 0) is 4.79 Å². The standard InChI is InChI=1S/C19H21F3N6O3/c1-31-12-4-6-23-15(8-12)26-18(30)28-11-5-7-27(9-11)14-3-2-13(25-16(14)28)17(29)24-10-19(20,21)22/h2-4,6,8,11,13,25H,5,7,9-10H2,1H3,(H,24,29)(H,23,26,30)/t11-,13?/m0/s1. The lowest BCUT2D eigenvalue weighted by Gasteiger charge is -2.40. The van der Waals surface area contributed by atoms with Crippen LogP contribution in [0.4, 0.5) is 23.8 Å². The maximum atomic E-state index is 13.1. The Morgan fingerprint density at radius 1 is 1.39 bits per heavy atom. The van der Waals surface area contributed by atoms with Crippen LogP contribution in [0.3, 0.4) is 0 Å². The van der Waals surface area contributed by atoms with Crippen LogP contribution in [0.5, 0.6) is 5.75 Å². The molecule has 0 saturated carbocycles. The summed E-state index contributed by atoms with van der Waals surface area (Å²) in [5.74, 6) is 0.362. The molecule has 1 fully saturated rings. The van der Waals surface area contributed by atoms with Gasteiger partial charge in [0.25, 0.3) is 0 Å². The van der Waals surface area contributed by atoms with E-state index in [9.17, 15) is 22.8 Å². The third-order valence-corrected chi connectivity index (χ3v) is 5.26. The number of anilines is 1. The predicted octanol–water partition coefficient (Wildman–Crippen LogP) is 1.39. The molecule has 9 nitrogen and oxygen atoms in total. The molecule has 4 rings (SSSR count). The number of urea groups is 1. The fourth-order valence-corrected chi connectivity index (χ4v) is 3.83. The molecule has 0 aromatic carbocycles. The number of ether oxygens (including phenoxy) is 1. The number of hydrogen-bond acceptors (Lipinski definition) is 6. The fourth-order valence-electron chi connectivity index (χ4n) is 3.83. The van der Waals surface area contributed by atoms with Crippen LogP contribution < -0.4 is 20.7 Å². The Bertz CT molecular complexity index is 948. The Balaban J connectivity index is 1.53. The zero-order valence-electron chi connectivity index (χ0n) is 16.6. The minimum absolute atomic E-state index is 0.151. The van der Waals surface area contributed by atoms with Gasteiger partial charge in [-0.3, -0.25) is 15.0 Å². The van der Waals surface area contributed by atoms with Crippen molar-refractivity contribution in [1.29, 1.82) is 0 Å². The van der Waals surface area contributed by atoms with Crippen molar-refractivity contribution in [1.82, 2.24) is 25.4 Å². The monoisotopic (exact) mass is 438 g/mol. The Kier molecular flexibility index (Phi) is 5.38. The molecular weight excluding hydrogens is 417 g/mol. The summed E-state index contributed by atoms with van der Waals surface area (Å²) in [4.78, 5) is 33.0. The normalized spacial score (nSPS) is 22.1. The van der Waals surface area contributed by atoms with E-state index in [0.717, 1.165) is 6.54 Å². The highest BCUT2D eigenvalue weighted by molar-refractivity contribution is 5.91. The first kappa shape index (κ1) is 20.8. The molecule has 166 valence electrons. The van der Waals surface area contributed by atoms with Crippen molar-refractivity contribution >= 4 is 17.8 Å². The van der Waals surface area contributed by atoms with E-state index in [-0.39, 0.29) is 11.9 Å². The summed E-state index contributed by atoms with van der Waals surface area (Å²) < 4.78 is 42.5. The maximum absolute atomic E-state index is 13.1. The minimum atomic E-state index is -4.51. The number of nitrogens with one attached hydrogen (secondary N) is 3. The van der Waals surface area contributed by atoms with Crippen molar-refractivity contribution in [3.8, 4) is 5.75 Å². The number of halogens is 3. The largest absolute Gasteiger partial charge is 0.497 e. The summed E-state index contributed by atoms with van der Waals surface area (Å²) in [5, 5.41) is 7.51. The molecule has 2 atom stereocenters. The first-order chi connectivity index (χ1) is 14.7. The van der Waals surface area contributed by atoms with E-state index >= 15 is 0 Å². The molecule has 3 aliphatic heterocycles. The van der Waals surface area contributed by atoms with Crippen molar-refractivity contribution < 1.29 is 27.5 Å². The molecule has 0 spiro atoms. The number of aromatic nitrogens is 1. The molecule has 0 radical (unpaired) electrons. The molecule has 1 unspecified atom stereocenters. The third-order valence-electron chi connectivity index (χ3n) is 5.26. The molecule has 3 N–H and O–H groups in total. The predicted molar refractivity (Wildman–Crippen MR) is 104 cm³/mol. The summed E-state index contributed by atoms with van der Waals surface area (Å²) in [6.45, 7) is -0.0827. The lowest BCUT2D eigenvalue weighted by molar-refractivity contribution is -0.138. The van der Waals surface area contributed by atoms with E-state index in [2.05, 4.69) is 20.5 Å². The van der Waals surface area contributed by atoms with Gasteiger partial charge < -0.3 is 20.3 Å². The van der Waals surface area contributed by atoms with Gasteiger partial charge in [0.05, 0.1) is 18.8 Å². The zero-order chi connectivity index (χ0) is 22.2. The van der Waals surface area contributed by atoms with Crippen LogP contribution in [0.25, 0.3) is 0 Å². The van der Waals surface area contributed by atoms with Gasteiger partial charge in [0, 0.05) is 25.4 Å². The Morgan fingerprint density at radius 2 is 2.19 bits per heavy atom. The van der Waals surface area contributed by atoms with Crippen LogP contribution in [0.2, 0.25) is 0 Å². The Labute approximate surface area is 175 Å². The second-order valence-electron chi connectivity index (χ2n) is 7.32. The van der Waals surface area contributed by atoms with Crippen molar-refractivity contribution in [3.63, 3.8) is 0 Å². The van der Waals surface area contributed by atoms with Crippen molar-refractivity contribution in [2.24, 2.45) is 0 Å². The second kappa shape index (κ2) is 8.00. The third kappa shape index (κ3) is 4.37. The number of fused-ring (bicyclic) bond motifs is 3. The Morgan fingerprint density at radius 3 is 2.94 bits per heavy atom. The Hall–Kier alpha value is -3.44. The van der Waals surface area contributed by atoms with Crippen molar-refractivity contribution in [2.45, 2.75) is 24.7 Å². The van der Waals surface area contributed by atoms with E-state index in [1.54, 1.807) is 18.2 Å². The second-order valence-corrected chi connectivity index (χ2v) is 7.32. The number of pyridine rings is 1. The molecule has 12 heteroatoms. The molecule has 1 aromatic rings. The summed E-state index contributed by atoms with van der Waals surface area (Å²) in [6.07, 6.45) is 0.851. The zero-order valence-corrected chi connectivity index (χ0v) is 16.6. The van der Waals surface area contributed by atoms with Crippen molar-refractivity contribution in [2.75, 3.05) is 32.1 Å². The number of methoxy groups -OCH3 is 1. The van der Waals surface area contributed by atoms with Gasteiger partial charge in [0.2, 0.25) is 5.91 Å². The number of alkyl halides is 3. The number of amides is 3. The summed E-state index contributed by atoms with van der Waals surface area (Å²) in [6, 6.07) is 1.56. The van der Waals surface area contributed by atoms with E-state index in [4.69, 9.17) is 4.74 Å². The van der Waals surface area contributed by atoms with E-state index < -0.39 is 30.7 Å². The summed E-state index contributed by atoms with van der Waals surface area (Å²) in [7, 11) is 1.50. The van der Waals surface area contributed by atoms with Crippen LogP contribution in [0.15, 0.2) is 42.0 Å². The van der Waals surface area contributed by atoms with Crippen LogP contribution in [0.1, 0.15) is 6.42 Å². The number of hydrogen-bond donors (Lipinski definition) is 3. The minimum Gasteiger partial charge on any atom is -0.497 e. The van der Waals surface area contributed by atoms with Crippen LogP contribution >= 0.6 is 0 Å². The van der Waals surface area contributed by atoms with Crippen molar-refractivity contribution in [3.05, 3.63) is 42.0 Å². The average molecular weight is 438 g/mol. The first-order valence-corrected chi connectivity index (χ1v) is 9.64. The molecular formula is C19H21F3N6O3. The van der Waals surface area contributed by atoms with E-state index in [1.165, 1.54) is 24.3 Å². The van der Waals surface area contributed by atoms with Gasteiger partial charge in [-0.1, -0.05) is 6.08 Å². The molecule has 1 saturated heterocycles. The number of carbonyl (C=O) groups is 2. The van der Waals surface area contributed by atoms with Gasteiger partial charge in [-0.2, -0.15) is 13.2 Å². The maximum Gasteiger partial charge on any atom is 0.405 e. The van der Waals surface area contributed by atoms with Gasteiger partial charge in [0.15, 0.2) is 0 Å². The lowest BCUT2D eigenvalue weighted by Crippen LogP contribution is -2.56. The quantitative estimate of drug-likeness (QED) is 0.657. The fraction of sp³-hybridized carbons (Fsp3) is 0.421. The highest BCUT2D eigenvalue weighted by Gasteiger charge is 2.42. The van der Waals surface area contributed by atoms with Crippen LogP contribution in [-0.4, -0.2) is 71.7 Å². The SMILES string of the molecule is COc1ccnc(NC(=O)N2C3=C(C=CC(C(=O)NCC(F)(F)F)N3)N3CC[C@H]2C3)c1. The van der Waals surface area contributed by atoms with Gasteiger partial charge in [-0.25, -0.2) is 9.78 Å².